The summed E-state index contributed by atoms with van der Waals surface area (Å²) in [7, 11) is 2.12. The molecule has 2 heteroatoms. The topological polar surface area (TPSA) is 15.3 Å². The van der Waals surface area contributed by atoms with Gasteiger partial charge in [-0.25, -0.2) is 0 Å². The van der Waals surface area contributed by atoms with E-state index in [1.54, 1.807) is 0 Å². The molecule has 110 valence electrons. The average Bonchev–Trinajstić information content (AvgIpc) is 2.74. The van der Waals surface area contributed by atoms with E-state index in [1.165, 1.54) is 44.2 Å². The van der Waals surface area contributed by atoms with E-state index in [0.29, 0.717) is 5.92 Å². The molecule has 1 aromatic carbocycles. The quantitative estimate of drug-likeness (QED) is 0.884. The van der Waals surface area contributed by atoms with Gasteiger partial charge < -0.3 is 5.32 Å². The van der Waals surface area contributed by atoms with Crippen LogP contribution in [0.15, 0.2) is 30.3 Å². The second-order valence-corrected chi connectivity index (χ2v) is 6.68. The van der Waals surface area contributed by atoms with Crippen molar-refractivity contribution in [3.05, 3.63) is 35.9 Å². The summed E-state index contributed by atoms with van der Waals surface area (Å²) >= 11 is 0. The minimum atomic E-state index is 0.678. The van der Waals surface area contributed by atoms with Gasteiger partial charge in [0.25, 0.3) is 0 Å². The molecule has 3 rings (SSSR count). The number of fused-ring (bicyclic) bond motifs is 2. The van der Waals surface area contributed by atoms with Gasteiger partial charge in [0, 0.05) is 18.1 Å². The molecule has 0 saturated carbocycles. The minimum absolute atomic E-state index is 0.678. The van der Waals surface area contributed by atoms with Crippen molar-refractivity contribution in [3.63, 3.8) is 0 Å². The number of nitrogens with one attached hydrogen (secondary N) is 1. The maximum absolute atomic E-state index is 3.49. The van der Waals surface area contributed by atoms with E-state index in [2.05, 4.69) is 54.5 Å². The Bertz CT molecular complexity index is 403. The Balaban J connectivity index is 1.54. The summed E-state index contributed by atoms with van der Waals surface area (Å²) in [6, 6.07) is 13.4. The normalized spacial score (nSPS) is 31.4. The molecule has 1 aromatic rings. The van der Waals surface area contributed by atoms with Crippen LogP contribution in [0.5, 0.6) is 0 Å². The summed E-state index contributed by atoms with van der Waals surface area (Å²) in [5, 5.41) is 3.49. The minimum Gasteiger partial charge on any atom is -0.317 e. The molecular formula is C18H28N2. The summed E-state index contributed by atoms with van der Waals surface area (Å²) in [5.41, 5.74) is 1.49. The second-order valence-electron chi connectivity index (χ2n) is 6.68. The second kappa shape index (κ2) is 6.28. The maximum atomic E-state index is 3.49. The lowest BCUT2D eigenvalue weighted by molar-refractivity contribution is 0.116. The number of hydrogen-bond acceptors (Lipinski definition) is 2. The monoisotopic (exact) mass is 272 g/mol. The fourth-order valence-corrected chi connectivity index (χ4v) is 4.17. The first-order valence-electron chi connectivity index (χ1n) is 8.26. The lowest BCUT2D eigenvalue weighted by atomic mass is 9.94. The van der Waals surface area contributed by atoms with Crippen LogP contribution in [0.1, 0.15) is 50.5 Å². The Morgan fingerprint density at radius 1 is 1.15 bits per heavy atom. The molecule has 0 amide bonds. The Labute approximate surface area is 123 Å². The van der Waals surface area contributed by atoms with Crippen molar-refractivity contribution in [1.29, 1.82) is 0 Å². The molecule has 2 heterocycles. The first-order valence-corrected chi connectivity index (χ1v) is 8.26. The highest BCUT2D eigenvalue weighted by atomic mass is 15.2. The largest absolute Gasteiger partial charge is 0.317 e. The molecule has 2 saturated heterocycles. The SMILES string of the molecule is CNC1CC2CCC(C1)N2CCC(C)c1ccccc1. The van der Waals surface area contributed by atoms with Gasteiger partial charge >= 0.3 is 0 Å². The average molecular weight is 272 g/mol. The fourth-order valence-electron chi connectivity index (χ4n) is 4.17. The molecule has 2 aliphatic heterocycles. The Kier molecular flexibility index (Phi) is 4.42. The third kappa shape index (κ3) is 2.91. The van der Waals surface area contributed by atoms with Crippen molar-refractivity contribution in [2.24, 2.45) is 0 Å². The van der Waals surface area contributed by atoms with Gasteiger partial charge in [0.1, 0.15) is 0 Å². The molecule has 0 aliphatic carbocycles. The molecule has 0 spiro atoms. The van der Waals surface area contributed by atoms with E-state index in [4.69, 9.17) is 0 Å². The Morgan fingerprint density at radius 3 is 2.40 bits per heavy atom. The van der Waals surface area contributed by atoms with Gasteiger partial charge in [-0.3, -0.25) is 4.90 Å². The van der Waals surface area contributed by atoms with Crippen LogP contribution in [-0.2, 0) is 0 Å². The number of nitrogens with zero attached hydrogens (tertiary/aromatic N) is 1. The molecule has 3 atom stereocenters. The lowest BCUT2D eigenvalue weighted by Crippen LogP contribution is -2.48. The van der Waals surface area contributed by atoms with Gasteiger partial charge in [0.05, 0.1) is 0 Å². The van der Waals surface area contributed by atoms with Crippen LogP contribution in [-0.4, -0.2) is 36.6 Å². The summed E-state index contributed by atoms with van der Waals surface area (Å²) in [5.74, 6) is 0.678. The predicted octanol–water partition coefficient (Wildman–Crippen LogP) is 3.40. The number of rotatable bonds is 5. The van der Waals surface area contributed by atoms with Crippen molar-refractivity contribution in [3.8, 4) is 0 Å². The van der Waals surface area contributed by atoms with E-state index >= 15 is 0 Å². The molecule has 2 fully saturated rings. The van der Waals surface area contributed by atoms with Crippen LogP contribution in [0.2, 0.25) is 0 Å². The van der Waals surface area contributed by atoms with E-state index in [0.717, 1.165) is 18.1 Å². The molecular weight excluding hydrogens is 244 g/mol. The van der Waals surface area contributed by atoms with Crippen molar-refractivity contribution < 1.29 is 0 Å². The summed E-state index contributed by atoms with van der Waals surface area (Å²) in [4.78, 5) is 2.81. The lowest BCUT2D eigenvalue weighted by Gasteiger charge is -2.39. The summed E-state index contributed by atoms with van der Waals surface area (Å²) in [6.07, 6.45) is 6.84. The highest BCUT2D eigenvalue weighted by Crippen LogP contribution is 2.36. The molecule has 20 heavy (non-hydrogen) atoms. The third-order valence-corrected chi connectivity index (χ3v) is 5.48. The summed E-state index contributed by atoms with van der Waals surface area (Å²) < 4.78 is 0. The molecule has 0 aromatic heterocycles. The molecule has 1 N–H and O–H groups in total. The van der Waals surface area contributed by atoms with E-state index in [9.17, 15) is 0 Å². The molecule has 3 unspecified atom stereocenters. The maximum Gasteiger partial charge on any atom is 0.0114 e. The number of hydrogen-bond donors (Lipinski definition) is 1. The zero-order chi connectivity index (χ0) is 13.9. The third-order valence-electron chi connectivity index (χ3n) is 5.48. The number of benzene rings is 1. The Hall–Kier alpha value is -0.860. The first kappa shape index (κ1) is 14.1. The highest BCUT2D eigenvalue weighted by molar-refractivity contribution is 5.18. The fraction of sp³-hybridized carbons (Fsp3) is 0.667. The van der Waals surface area contributed by atoms with Crippen molar-refractivity contribution >= 4 is 0 Å². The predicted molar refractivity (Wildman–Crippen MR) is 85.1 cm³/mol. The van der Waals surface area contributed by atoms with Crippen molar-refractivity contribution in [2.75, 3.05) is 13.6 Å². The standard InChI is InChI=1S/C18H28N2/c1-14(15-6-4-3-5-7-15)10-11-20-17-8-9-18(20)13-16(12-17)19-2/h3-7,14,16-19H,8-13H2,1-2H3. The van der Waals surface area contributed by atoms with E-state index < -0.39 is 0 Å². The first-order chi connectivity index (χ1) is 9.78. The molecule has 0 radical (unpaired) electrons. The molecule has 2 aliphatic rings. The van der Waals surface area contributed by atoms with Crippen LogP contribution >= 0.6 is 0 Å². The smallest absolute Gasteiger partial charge is 0.0114 e. The van der Waals surface area contributed by atoms with Gasteiger partial charge in [0.2, 0.25) is 0 Å². The van der Waals surface area contributed by atoms with Crippen molar-refractivity contribution in [1.82, 2.24) is 10.2 Å². The van der Waals surface area contributed by atoms with Crippen molar-refractivity contribution in [2.45, 2.75) is 63.1 Å². The van der Waals surface area contributed by atoms with Crippen LogP contribution < -0.4 is 5.32 Å². The van der Waals surface area contributed by atoms with Gasteiger partial charge in [-0.15, -0.1) is 0 Å². The zero-order valence-corrected chi connectivity index (χ0v) is 12.9. The van der Waals surface area contributed by atoms with Crippen LogP contribution in [0, 0.1) is 0 Å². The molecule has 2 nitrogen and oxygen atoms in total. The summed E-state index contributed by atoms with van der Waals surface area (Å²) in [6.45, 7) is 3.65. The number of piperidine rings is 1. The van der Waals surface area contributed by atoms with Crippen LogP contribution in [0.4, 0.5) is 0 Å². The van der Waals surface area contributed by atoms with Gasteiger partial charge in [0.15, 0.2) is 0 Å². The van der Waals surface area contributed by atoms with Gasteiger partial charge in [-0.05, 0) is 57.2 Å². The molecule has 2 bridgehead atoms. The Morgan fingerprint density at radius 2 is 1.80 bits per heavy atom. The van der Waals surface area contributed by atoms with Crippen LogP contribution in [0.25, 0.3) is 0 Å². The van der Waals surface area contributed by atoms with E-state index in [1.807, 2.05) is 0 Å². The van der Waals surface area contributed by atoms with Gasteiger partial charge in [-0.1, -0.05) is 37.3 Å². The zero-order valence-electron chi connectivity index (χ0n) is 12.9. The van der Waals surface area contributed by atoms with Crippen LogP contribution in [0.3, 0.4) is 0 Å². The van der Waals surface area contributed by atoms with E-state index in [-0.39, 0.29) is 0 Å². The highest BCUT2D eigenvalue weighted by Gasteiger charge is 2.39. The van der Waals surface area contributed by atoms with Gasteiger partial charge in [-0.2, -0.15) is 0 Å².